The van der Waals surface area contributed by atoms with Crippen LogP contribution in [0.3, 0.4) is 0 Å². The second kappa shape index (κ2) is 8.78. The van der Waals surface area contributed by atoms with E-state index in [9.17, 15) is 9.59 Å². The van der Waals surface area contributed by atoms with E-state index in [0.717, 1.165) is 55.2 Å². The fourth-order valence-corrected chi connectivity index (χ4v) is 4.42. The summed E-state index contributed by atoms with van der Waals surface area (Å²) in [5.74, 6) is 0.423. The van der Waals surface area contributed by atoms with E-state index in [-0.39, 0.29) is 17.9 Å². The quantitative estimate of drug-likeness (QED) is 0.800. The summed E-state index contributed by atoms with van der Waals surface area (Å²) in [7, 11) is 0. The molecule has 2 aliphatic heterocycles. The van der Waals surface area contributed by atoms with Crippen LogP contribution in [0.25, 0.3) is 10.9 Å². The number of para-hydroxylation sites is 1. The Labute approximate surface area is 165 Å². The number of amides is 2. The molecule has 3 heterocycles. The SMILES string of the molecule is O=C1CCCN1CCCN(C(=O)Cc1c[nH]c2ccccc12)C1CCOCC1. The molecule has 1 aromatic carbocycles. The molecule has 2 saturated heterocycles. The molecule has 2 amide bonds. The van der Waals surface area contributed by atoms with Crippen LogP contribution in [0.4, 0.5) is 0 Å². The lowest BCUT2D eigenvalue weighted by Gasteiger charge is -2.35. The van der Waals surface area contributed by atoms with Crippen LogP contribution in [0.5, 0.6) is 0 Å². The van der Waals surface area contributed by atoms with E-state index in [2.05, 4.69) is 11.1 Å². The highest BCUT2D eigenvalue weighted by Crippen LogP contribution is 2.21. The van der Waals surface area contributed by atoms with Gasteiger partial charge in [-0.3, -0.25) is 9.59 Å². The van der Waals surface area contributed by atoms with Crippen LogP contribution in [0.15, 0.2) is 30.5 Å². The predicted molar refractivity (Wildman–Crippen MR) is 108 cm³/mol. The van der Waals surface area contributed by atoms with Crippen molar-refractivity contribution in [2.24, 2.45) is 0 Å². The molecular weight excluding hydrogens is 354 g/mol. The van der Waals surface area contributed by atoms with E-state index in [1.54, 1.807) is 0 Å². The van der Waals surface area contributed by atoms with Crippen molar-refractivity contribution in [3.63, 3.8) is 0 Å². The molecule has 0 spiro atoms. The van der Waals surface area contributed by atoms with Crippen LogP contribution in [0, 0.1) is 0 Å². The maximum absolute atomic E-state index is 13.2. The number of hydrogen-bond acceptors (Lipinski definition) is 3. The Kier molecular flexibility index (Phi) is 5.95. The molecular formula is C22H29N3O3. The minimum atomic E-state index is 0.171. The smallest absolute Gasteiger partial charge is 0.227 e. The molecule has 1 aromatic heterocycles. The van der Waals surface area contributed by atoms with E-state index in [0.29, 0.717) is 32.6 Å². The van der Waals surface area contributed by atoms with Gasteiger partial charge in [-0.2, -0.15) is 0 Å². The first-order chi connectivity index (χ1) is 13.7. The first kappa shape index (κ1) is 19.0. The topological polar surface area (TPSA) is 65.6 Å². The van der Waals surface area contributed by atoms with Crippen molar-refractivity contribution in [3.8, 4) is 0 Å². The van der Waals surface area contributed by atoms with Gasteiger partial charge in [-0.05, 0) is 37.3 Å². The van der Waals surface area contributed by atoms with Gasteiger partial charge >= 0.3 is 0 Å². The highest BCUT2D eigenvalue weighted by atomic mass is 16.5. The molecule has 4 rings (SSSR count). The van der Waals surface area contributed by atoms with Crippen LogP contribution < -0.4 is 0 Å². The lowest BCUT2D eigenvalue weighted by Crippen LogP contribution is -2.45. The summed E-state index contributed by atoms with van der Waals surface area (Å²) in [5, 5.41) is 1.12. The predicted octanol–water partition coefficient (Wildman–Crippen LogP) is 2.73. The molecule has 6 nitrogen and oxygen atoms in total. The average molecular weight is 383 g/mol. The molecule has 2 aliphatic rings. The summed E-state index contributed by atoms with van der Waals surface area (Å²) in [6, 6.07) is 8.34. The van der Waals surface area contributed by atoms with Crippen LogP contribution in [-0.4, -0.2) is 65.5 Å². The normalized spacial score (nSPS) is 18.1. The standard InChI is InChI=1S/C22H29N3O3/c26-21-7-3-10-24(21)11-4-12-25(18-8-13-28-14-9-18)22(27)15-17-16-23-20-6-2-1-5-19(17)20/h1-2,5-6,16,18,23H,3-4,7-15H2. The van der Waals surface area contributed by atoms with Crippen molar-refractivity contribution in [2.75, 3.05) is 32.8 Å². The number of benzene rings is 1. The van der Waals surface area contributed by atoms with Gasteiger partial charge in [-0.15, -0.1) is 0 Å². The number of ether oxygens (including phenoxy) is 1. The summed E-state index contributed by atoms with van der Waals surface area (Å²) >= 11 is 0. The zero-order valence-electron chi connectivity index (χ0n) is 16.4. The summed E-state index contributed by atoms with van der Waals surface area (Å²) < 4.78 is 5.50. The van der Waals surface area contributed by atoms with E-state index in [4.69, 9.17) is 4.74 Å². The van der Waals surface area contributed by atoms with Gasteiger partial charge in [0.1, 0.15) is 0 Å². The molecule has 0 saturated carbocycles. The molecule has 6 heteroatoms. The van der Waals surface area contributed by atoms with E-state index >= 15 is 0 Å². The summed E-state index contributed by atoms with van der Waals surface area (Å²) in [4.78, 5) is 32.3. The first-order valence-electron chi connectivity index (χ1n) is 10.4. The number of H-pyrrole nitrogens is 1. The van der Waals surface area contributed by atoms with E-state index < -0.39 is 0 Å². The van der Waals surface area contributed by atoms with Gasteiger partial charge in [0.15, 0.2) is 0 Å². The largest absolute Gasteiger partial charge is 0.381 e. The van der Waals surface area contributed by atoms with Crippen LogP contribution in [0.1, 0.15) is 37.7 Å². The fraction of sp³-hybridized carbons (Fsp3) is 0.545. The van der Waals surface area contributed by atoms with Crippen LogP contribution in [-0.2, 0) is 20.7 Å². The second-order valence-corrected chi connectivity index (χ2v) is 7.80. The number of fused-ring (bicyclic) bond motifs is 1. The fourth-order valence-electron chi connectivity index (χ4n) is 4.42. The lowest BCUT2D eigenvalue weighted by atomic mass is 10.0. The molecule has 0 bridgehead atoms. The highest BCUT2D eigenvalue weighted by molar-refractivity contribution is 5.89. The number of aromatic nitrogens is 1. The van der Waals surface area contributed by atoms with Gasteiger partial charge in [-0.1, -0.05) is 18.2 Å². The van der Waals surface area contributed by atoms with Gasteiger partial charge in [0.05, 0.1) is 6.42 Å². The van der Waals surface area contributed by atoms with Crippen molar-refractivity contribution < 1.29 is 14.3 Å². The van der Waals surface area contributed by atoms with Crippen molar-refractivity contribution in [2.45, 2.75) is 44.6 Å². The van der Waals surface area contributed by atoms with Gasteiger partial charge in [0.25, 0.3) is 0 Å². The molecule has 28 heavy (non-hydrogen) atoms. The molecule has 0 unspecified atom stereocenters. The Morgan fingerprint density at radius 3 is 2.86 bits per heavy atom. The number of aromatic amines is 1. The number of nitrogens with zero attached hydrogens (tertiary/aromatic N) is 2. The third-order valence-corrected chi connectivity index (χ3v) is 5.97. The molecule has 0 atom stereocenters. The maximum atomic E-state index is 13.2. The number of likely N-dealkylation sites (tertiary alicyclic amines) is 1. The van der Waals surface area contributed by atoms with Gasteiger partial charge < -0.3 is 19.5 Å². The third kappa shape index (κ3) is 4.22. The third-order valence-electron chi connectivity index (χ3n) is 5.97. The zero-order chi connectivity index (χ0) is 19.3. The molecule has 2 aromatic rings. The zero-order valence-corrected chi connectivity index (χ0v) is 16.4. The van der Waals surface area contributed by atoms with Crippen molar-refractivity contribution >= 4 is 22.7 Å². The minimum Gasteiger partial charge on any atom is -0.381 e. The average Bonchev–Trinajstić information content (AvgIpc) is 3.32. The monoisotopic (exact) mass is 383 g/mol. The number of carbonyl (C=O) groups is 2. The summed E-state index contributed by atoms with van der Waals surface area (Å²) in [6.45, 7) is 3.74. The molecule has 0 aliphatic carbocycles. The molecule has 0 radical (unpaired) electrons. The van der Waals surface area contributed by atoms with E-state index in [1.165, 1.54) is 0 Å². The first-order valence-corrected chi connectivity index (χ1v) is 10.4. The Hall–Kier alpha value is -2.34. The van der Waals surface area contributed by atoms with Gasteiger partial charge in [0.2, 0.25) is 11.8 Å². The number of carbonyl (C=O) groups excluding carboxylic acids is 2. The molecule has 1 N–H and O–H groups in total. The Bertz CT molecular complexity index is 825. The summed E-state index contributed by atoms with van der Waals surface area (Å²) in [5.41, 5.74) is 2.11. The van der Waals surface area contributed by atoms with Gasteiger partial charge in [0, 0.05) is 62.4 Å². The van der Waals surface area contributed by atoms with Crippen molar-refractivity contribution in [1.82, 2.24) is 14.8 Å². The Morgan fingerprint density at radius 2 is 2.07 bits per heavy atom. The van der Waals surface area contributed by atoms with Gasteiger partial charge in [-0.25, -0.2) is 0 Å². The molecule has 150 valence electrons. The molecule has 2 fully saturated rings. The van der Waals surface area contributed by atoms with Crippen molar-refractivity contribution in [1.29, 1.82) is 0 Å². The van der Waals surface area contributed by atoms with E-state index in [1.807, 2.05) is 34.2 Å². The number of hydrogen-bond donors (Lipinski definition) is 1. The minimum absolute atomic E-state index is 0.171. The van der Waals surface area contributed by atoms with Crippen LogP contribution in [0.2, 0.25) is 0 Å². The second-order valence-electron chi connectivity index (χ2n) is 7.80. The summed E-state index contributed by atoms with van der Waals surface area (Å²) in [6.07, 6.45) is 6.61. The number of nitrogens with one attached hydrogen (secondary N) is 1. The Morgan fingerprint density at radius 1 is 1.25 bits per heavy atom. The number of rotatable bonds is 7. The maximum Gasteiger partial charge on any atom is 0.227 e. The van der Waals surface area contributed by atoms with Crippen LogP contribution >= 0.6 is 0 Å². The van der Waals surface area contributed by atoms with Crippen molar-refractivity contribution in [3.05, 3.63) is 36.0 Å². The Balaban J connectivity index is 1.42. The lowest BCUT2D eigenvalue weighted by molar-refractivity contribution is -0.134. The highest BCUT2D eigenvalue weighted by Gasteiger charge is 2.27.